The number of rotatable bonds is 6. The van der Waals surface area contributed by atoms with E-state index in [1.54, 1.807) is 13.0 Å². The number of aromatic nitrogens is 1. The van der Waals surface area contributed by atoms with Crippen molar-refractivity contribution in [3.05, 3.63) is 101 Å². The van der Waals surface area contributed by atoms with E-state index in [0.717, 1.165) is 12.1 Å². The molecule has 41 heavy (non-hydrogen) atoms. The molecule has 0 aliphatic rings. The van der Waals surface area contributed by atoms with Crippen molar-refractivity contribution >= 4 is 21.6 Å². The molecule has 5 aromatic rings. The predicted molar refractivity (Wildman–Crippen MR) is 133 cm³/mol. The van der Waals surface area contributed by atoms with Crippen molar-refractivity contribution in [2.24, 2.45) is 0 Å². The molecular weight excluding hydrogens is 585 g/mol. The SMILES string of the molecule is Cc1ccc(-c2cc(F)c(-c3ccc4nc(C(F)(F)Oc5ccc(OC(F)(F)F)c(F)c5)sc4c3)c(F)c2)c(F)c1. The largest absolute Gasteiger partial charge is 0.573 e. The lowest BCUT2D eigenvalue weighted by Gasteiger charge is -2.16. The lowest BCUT2D eigenvalue weighted by atomic mass is 9.98. The summed E-state index contributed by atoms with van der Waals surface area (Å²) < 4.78 is 133. The van der Waals surface area contributed by atoms with Crippen LogP contribution in [0.15, 0.2) is 66.7 Å². The molecule has 0 fully saturated rings. The standard InChI is InChI=1S/C28H14F9NO2S/c1-13-2-5-17(18(29)8-13)15-9-20(31)25(21(32)10-15)14-3-6-22-24(11-14)41-26(38-22)27(33,34)39-16-4-7-23(19(30)12-16)40-28(35,36)37/h2-12H,1H3. The van der Waals surface area contributed by atoms with Gasteiger partial charge in [0.1, 0.15) is 23.2 Å². The summed E-state index contributed by atoms with van der Waals surface area (Å²) in [5.41, 5.74) is 0.123. The van der Waals surface area contributed by atoms with Crippen molar-refractivity contribution in [1.82, 2.24) is 4.98 Å². The van der Waals surface area contributed by atoms with E-state index in [9.17, 15) is 30.7 Å². The Morgan fingerprint density at radius 1 is 0.683 bits per heavy atom. The van der Waals surface area contributed by atoms with Crippen LogP contribution >= 0.6 is 11.3 Å². The van der Waals surface area contributed by atoms with Crippen molar-refractivity contribution in [3.63, 3.8) is 0 Å². The number of hydrogen-bond acceptors (Lipinski definition) is 4. The normalized spacial score (nSPS) is 12.1. The van der Waals surface area contributed by atoms with Crippen LogP contribution in [0, 0.1) is 30.2 Å². The van der Waals surface area contributed by atoms with E-state index in [4.69, 9.17) is 0 Å². The molecule has 0 amide bonds. The number of hydrogen-bond donors (Lipinski definition) is 0. The number of alkyl halides is 5. The third-order valence-electron chi connectivity index (χ3n) is 5.78. The highest BCUT2D eigenvalue weighted by Crippen LogP contribution is 2.40. The van der Waals surface area contributed by atoms with Gasteiger partial charge >= 0.3 is 12.5 Å². The van der Waals surface area contributed by atoms with Gasteiger partial charge in [0.15, 0.2) is 11.6 Å². The second-order valence-electron chi connectivity index (χ2n) is 8.76. The number of aryl methyl sites for hydroxylation is 1. The molecule has 0 unspecified atom stereocenters. The molecule has 0 saturated heterocycles. The minimum atomic E-state index is -5.19. The molecule has 3 nitrogen and oxygen atoms in total. The molecule has 4 aromatic carbocycles. The first-order valence-electron chi connectivity index (χ1n) is 11.5. The summed E-state index contributed by atoms with van der Waals surface area (Å²) in [4.78, 5) is 3.77. The topological polar surface area (TPSA) is 31.4 Å². The second kappa shape index (κ2) is 10.3. The molecule has 5 rings (SSSR count). The molecule has 13 heteroatoms. The van der Waals surface area contributed by atoms with Gasteiger partial charge in [-0.2, -0.15) is 8.78 Å². The first kappa shape index (κ1) is 28.3. The van der Waals surface area contributed by atoms with Crippen LogP contribution in [0.25, 0.3) is 32.5 Å². The van der Waals surface area contributed by atoms with Crippen LogP contribution in [0.5, 0.6) is 11.5 Å². The fraction of sp³-hybridized carbons (Fsp3) is 0.107. The van der Waals surface area contributed by atoms with Gasteiger partial charge in [-0.25, -0.2) is 22.5 Å². The molecule has 0 bridgehead atoms. The molecule has 1 aromatic heterocycles. The molecule has 1 heterocycles. The Kier molecular flexibility index (Phi) is 7.10. The van der Waals surface area contributed by atoms with Gasteiger partial charge in [0.25, 0.3) is 0 Å². The van der Waals surface area contributed by atoms with Crippen LogP contribution in [0.4, 0.5) is 39.5 Å². The van der Waals surface area contributed by atoms with Crippen molar-refractivity contribution in [2.75, 3.05) is 0 Å². The molecule has 0 aliphatic carbocycles. The van der Waals surface area contributed by atoms with Gasteiger partial charge in [0.05, 0.1) is 15.8 Å². The third-order valence-corrected chi connectivity index (χ3v) is 6.85. The highest BCUT2D eigenvalue weighted by atomic mass is 32.1. The van der Waals surface area contributed by atoms with E-state index in [0.29, 0.717) is 29.0 Å². The highest BCUT2D eigenvalue weighted by molar-refractivity contribution is 7.18. The van der Waals surface area contributed by atoms with Crippen molar-refractivity contribution in [3.8, 4) is 33.8 Å². The molecule has 0 saturated carbocycles. The summed E-state index contributed by atoms with van der Waals surface area (Å²) in [5, 5.41) is -0.910. The van der Waals surface area contributed by atoms with Crippen molar-refractivity contribution in [1.29, 1.82) is 0 Å². The minimum absolute atomic E-state index is 0.00729. The Morgan fingerprint density at radius 3 is 2.02 bits per heavy atom. The maximum atomic E-state index is 15.1. The summed E-state index contributed by atoms with van der Waals surface area (Å²) in [6.45, 7) is 1.66. The van der Waals surface area contributed by atoms with E-state index < -0.39 is 57.8 Å². The summed E-state index contributed by atoms with van der Waals surface area (Å²) >= 11 is 0.415. The molecule has 212 valence electrons. The van der Waals surface area contributed by atoms with Crippen LogP contribution in [0.2, 0.25) is 0 Å². The first-order valence-corrected chi connectivity index (χ1v) is 12.3. The van der Waals surface area contributed by atoms with Gasteiger partial charge in [-0.1, -0.05) is 18.2 Å². The average molecular weight is 599 g/mol. The van der Waals surface area contributed by atoms with Gasteiger partial charge in [-0.05, 0) is 66.1 Å². The number of thiazole rings is 1. The van der Waals surface area contributed by atoms with Crippen LogP contribution in [-0.4, -0.2) is 11.3 Å². The van der Waals surface area contributed by atoms with Gasteiger partial charge in [-0.3, -0.25) is 0 Å². The van der Waals surface area contributed by atoms with E-state index >= 15 is 8.78 Å². The van der Waals surface area contributed by atoms with Crippen molar-refractivity contribution in [2.45, 2.75) is 19.4 Å². The van der Waals surface area contributed by atoms with Crippen LogP contribution < -0.4 is 9.47 Å². The lowest BCUT2D eigenvalue weighted by molar-refractivity contribution is -0.275. The number of fused-ring (bicyclic) bond motifs is 1. The fourth-order valence-electron chi connectivity index (χ4n) is 4.01. The van der Waals surface area contributed by atoms with Gasteiger partial charge in [0, 0.05) is 11.6 Å². The van der Waals surface area contributed by atoms with Crippen molar-refractivity contribution < 1.29 is 49.0 Å². The van der Waals surface area contributed by atoms with E-state index in [-0.39, 0.29) is 33.0 Å². The smallest absolute Gasteiger partial charge is 0.427 e. The summed E-state index contributed by atoms with van der Waals surface area (Å²) in [6.07, 6.45) is -9.35. The zero-order chi connectivity index (χ0) is 29.7. The molecule has 0 N–H and O–H groups in total. The highest BCUT2D eigenvalue weighted by Gasteiger charge is 2.39. The maximum absolute atomic E-state index is 15.1. The molecule has 0 spiro atoms. The van der Waals surface area contributed by atoms with Gasteiger partial charge in [0.2, 0.25) is 5.01 Å². The fourth-order valence-corrected chi connectivity index (χ4v) is 4.92. The molecular formula is C28H14F9NO2S. The predicted octanol–water partition coefficient (Wildman–Crippen LogP) is 9.52. The van der Waals surface area contributed by atoms with E-state index in [2.05, 4.69) is 14.5 Å². The van der Waals surface area contributed by atoms with Gasteiger partial charge < -0.3 is 9.47 Å². The Labute approximate surface area is 229 Å². The Hall–Kier alpha value is -4.26. The molecule has 0 aliphatic heterocycles. The van der Waals surface area contributed by atoms with E-state index in [1.807, 2.05) is 0 Å². The summed E-state index contributed by atoms with van der Waals surface area (Å²) in [5.74, 6) is -6.33. The van der Waals surface area contributed by atoms with Gasteiger partial charge in [-0.15, -0.1) is 24.5 Å². The summed E-state index contributed by atoms with van der Waals surface area (Å²) in [6, 6.07) is 11.3. The lowest BCUT2D eigenvalue weighted by Crippen LogP contribution is -2.22. The zero-order valence-electron chi connectivity index (χ0n) is 20.4. The second-order valence-corrected chi connectivity index (χ2v) is 9.79. The monoisotopic (exact) mass is 599 g/mol. The average Bonchev–Trinajstić information content (AvgIpc) is 3.29. The zero-order valence-corrected chi connectivity index (χ0v) is 21.2. The minimum Gasteiger partial charge on any atom is -0.427 e. The van der Waals surface area contributed by atoms with Crippen LogP contribution in [-0.2, 0) is 6.11 Å². The Morgan fingerprint density at radius 2 is 1.39 bits per heavy atom. The third kappa shape index (κ3) is 5.94. The number of benzene rings is 4. The first-order chi connectivity index (χ1) is 19.2. The Bertz CT molecular complexity index is 1760. The molecule has 0 atom stereocenters. The Balaban J connectivity index is 1.43. The number of ether oxygens (including phenoxy) is 2. The van der Waals surface area contributed by atoms with E-state index in [1.165, 1.54) is 30.3 Å². The van der Waals surface area contributed by atoms with Crippen LogP contribution in [0.3, 0.4) is 0 Å². The number of halogens is 9. The quantitative estimate of drug-likeness (QED) is 0.182. The summed E-state index contributed by atoms with van der Waals surface area (Å²) in [7, 11) is 0. The number of nitrogens with zero attached hydrogens (tertiary/aromatic N) is 1. The molecule has 0 radical (unpaired) electrons. The maximum Gasteiger partial charge on any atom is 0.573 e. The van der Waals surface area contributed by atoms with Crippen LogP contribution in [0.1, 0.15) is 10.6 Å².